The van der Waals surface area contributed by atoms with E-state index in [0.29, 0.717) is 10.2 Å². The molecule has 0 aromatic carbocycles. The smallest absolute Gasteiger partial charge is 0.265 e. The molecule has 1 aromatic rings. The summed E-state index contributed by atoms with van der Waals surface area (Å²) in [7, 11) is -3.08. The van der Waals surface area contributed by atoms with Crippen LogP contribution in [-0.4, -0.2) is 24.5 Å². The summed E-state index contributed by atoms with van der Waals surface area (Å²) in [5, 5.41) is 0. The molecule has 0 bridgehead atoms. The summed E-state index contributed by atoms with van der Waals surface area (Å²) >= 11 is 3.07. The topological polar surface area (TPSA) is 82.2 Å². The number of rotatable bonds is 4. The Labute approximate surface area is 102 Å². The highest BCUT2D eigenvalue weighted by Crippen LogP contribution is 2.08. The zero-order valence-corrected chi connectivity index (χ0v) is 11.2. The molecule has 0 saturated heterocycles. The van der Waals surface area contributed by atoms with E-state index < -0.39 is 9.84 Å². The van der Waals surface area contributed by atoms with Gasteiger partial charge in [0.1, 0.15) is 0 Å². The largest absolute Gasteiger partial charge is 0.398 e. The molecule has 0 spiro atoms. The van der Waals surface area contributed by atoms with Crippen LogP contribution in [0.2, 0.25) is 0 Å². The van der Waals surface area contributed by atoms with Crippen LogP contribution in [0.1, 0.15) is 6.92 Å². The first-order chi connectivity index (χ1) is 7.35. The lowest BCUT2D eigenvalue weighted by atomic mass is 10.4. The first-order valence-corrected chi connectivity index (χ1v) is 7.33. The molecule has 2 N–H and O–H groups in total. The van der Waals surface area contributed by atoms with Crippen LogP contribution in [0.5, 0.6) is 0 Å². The van der Waals surface area contributed by atoms with E-state index >= 15 is 0 Å². The van der Waals surface area contributed by atoms with Crippen molar-refractivity contribution in [2.45, 2.75) is 13.5 Å². The van der Waals surface area contributed by atoms with E-state index in [2.05, 4.69) is 15.9 Å². The minimum absolute atomic E-state index is 0.0562. The van der Waals surface area contributed by atoms with Crippen LogP contribution in [0, 0.1) is 0 Å². The molecule has 5 nitrogen and oxygen atoms in total. The van der Waals surface area contributed by atoms with Gasteiger partial charge < -0.3 is 10.3 Å². The number of anilines is 1. The fraction of sp³-hybridized carbons (Fsp3) is 0.444. The first-order valence-electron chi connectivity index (χ1n) is 4.71. The lowest BCUT2D eigenvalue weighted by Crippen LogP contribution is -2.25. The van der Waals surface area contributed by atoms with Gasteiger partial charge in [0, 0.05) is 24.2 Å². The summed E-state index contributed by atoms with van der Waals surface area (Å²) in [5.74, 6) is 0.0184. The Morgan fingerprint density at radius 3 is 2.69 bits per heavy atom. The van der Waals surface area contributed by atoms with Gasteiger partial charge >= 0.3 is 0 Å². The molecule has 0 aliphatic rings. The van der Waals surface area contributed by atoms with Crippen molar-refractivity contribution in [2.75, 3.05) is 17.2 Å². The Kier molecular flexibility index (Phi) is 4.15. The van der Waals surface area contributed by atoms with Crippen LogP contribution in [0.4, 0.5) is 5.69 Å². The molecule has 0 unspecified atom stereocenters. The van der Waals surface area contributed by atoms with Gasteiger partial charge in [0.05, 0.1) is 10.2 Å². The molecule has 1 aromatic heterocycles. The SMILES string of the molecule is CCS(=O)(=O)CCn1cc(N)cc(Br)c1=O. The Balaban J connectivity index is 2.95. The van der Waals surface area contributed by atoms with Crippen molar-refractivity contribution < 1.29 is 8.42 Å². The highest BCUT2D eigenvalue weighted by atomic mass is 79.9. The van der Waals surface area contributed by atoms with Crippen LogP contribution in [0.25, 0.3) is 0 Å². The number of nitrogens with zero attached hydrogens (tertiary/aromatic N) is 1. The van der Waals surface area contributed by atoms with E-state index in [1.54, 1.807) is 6.92 Å². The van der Waals surface area contributed by atoms with E-state index in [0.717, 1.165) is 0 Å². The minimum Gasteiger partial charge on any atom is -0.398 e. The average Bonchev–Trinajstić information content (AvgIpc) is 2.21. The number of hydrogen-bond donors (Lipinski definition) is 1. The van der Waals surface area contributed by atoms with Crippen LogP contribution in [0.3, 0.4) is 0 Å². The Bertz CT molecular complexity index is 536. The van der Waals surface area contributed by atoms with Crippen molar-refractivity contribution >= 4 is 31.5 Å². The molecule has 16 heavy (non-hydrogen) atoms. The summed E-state index contributed by atoms with van der Waals surface area (Å²) in [6.07, 6.45) is 1.44. The molecule has 1 heterocycles. The second-order valence-corrected chi connectivity index (χ2v) is 6.68. The lowest BCUT2D eigenvalue weighted by Gasteiger charge is -2.07. The highest BCUT2D eigenvalue weighted by Gasteiger charge is 2.09. The second-order valence-electron chi connectivity index (χ2n) is 3.36. The second kappa shape index (κ2) is 5.01. The maximum atomic E-state index is 11.6. The number of pyridine rings is 1. The maximum absolute atomic E-state index is 11.6. The summed E-state index contributed by atoms with van der Waals surface area (Å²) in [5.41, 5.74) is 5.70. The van der Waals surface area contributed by atoms with Gasteiger partial charge in [-0.05, 0) is 22.0 Å². The van der Waals surface area contributed by atoms with Crippen molar-refractivity contribution in [2.24, 2.45) is 0 Å². The number of aryl methyl sites for hydroxylation is 1. The van der Waals surface area contributed by atoms with Crippen molar-refractivity contribution in [3.05, 3.63) is 27.1 Å². The monoisotopic (exact) mass is 308 g/mol. The van der Waals surface area contributed by atoms with Gasteiger partial charge in [-0.25, -0.2) is 8.42 Å². The molecule has 0 aliphatic carbocycles. The molecule has 1 rings (SSSR count). The zero-order chi connectivity index (χ0) is 12.3. The first kappa shape index (κ1) is 13.2. The quantitative estimate of drug-likeness (QED) is 0.884. The Morgan fingerprint density at radius 1 is 1.50 bits per heavy atom. The molecule has 0 aliphatic heterocycles. The molecule has 90 valence electrons. The minimum atomic E-state index is -3.08. The Morgan fingerprint density at radius 2 is 2.12 bits per heavy atom. The van der Waals surface area contributed by atoms with Crippen molar-refractivity contribution in [3.8, 4) is 0 Å². The van der Waals surface area contributed by atoms with Gasteiger partial charge in [0.2, 0.25) is 0 Å². The number of halogens is 1. The maximum Gasteiger partial charge on any atom is 0.265 e. The van der Waals surface area contributed by atoms with Crippen LogP contribution >= 0.6 is 15.9 Å². The molecule has 0 saturated carbocycles. The van der Waals surface area contributed by atoms with Crippen molar-refractivity contribution in [3.63, 3.8) is 0 Å². The standard InChI is InChI=1S/C9H13BrN2O3S/c1-2-16(14,15)4-3-12-6-7(11)5-8(10)9(12)13/h5-6H,2-4,11H2,1H3. The van der Waals surface area contributed by atoms with E-state index in [1.807, 2.05) is 0 Å². The summed E-state index contributed by atoms with van der Waals surface area (Å²) in [4.78, 5) is 11.6. The third kappa shape index (κ3) is 3.34. The number of aromatic nitrogens is 1. The molecule has 0 radical (unpaired) electrons. The van der Waals surface area contributed by atoms with E-state index in [9.17, 15) is 13.2 Å². The van der Waals surface area contributed by atoms with Crippen molar-refractivity contribution in [1.29, 1.82) is 0 Å². The van der Waals surface area contributed by atoms with Gasteiger partial charge in [-0.1, -0.05) is 6.92 Å². The van der Waals surface area contributed by atoms with Gasteiger partial charge in [0.25, 0.3) is 5.56 Å². The number of sulfone groups is 1. The van der Waals surface area contributed by atoms with Crippen LogP contribution in [-0.2, 0) is 16.4 Å². The molecule has 0 amide bonds. The van der Waals surface area contributed by atoms with E-state index in [-0.39, 0.29) is 23.6 Å². The number of nitrogens with two attached hydrogens (primary N) is 1. The fourth-order valence-corrected chi connectivity index (χ4v) is 2.42. The predicted molar refractivity (Wildman–Crippen MR) is 67.1 cm³/mol. The van der Waals surface area contributed by atoms with Gasteiger partial charge in [-0.2, -0.15) is 0 Å². The summed E-state index contributed by atoms with van der Waals surface area (Å²) in [6, 6.07) is 1.49. The summed E-state index contributed by atoms with van der Waals surface area (Å²) in [6.45, 7) is 1.70. The Hall–Kier alpha value is -0.820. The van der Waals surface area contributed by atoms with E-state index in [4.69, 9.17) is 5.73 Å². The average molecular weight is 309 g/mol. The summed E-state index contributed by atoms with van der Waals surface area (Å²) < 4.78 is 24.2. The molecule has 0 atom stereocenters. The normalized spacial score (nSPS) is 11.6. The van der Waals surface area contributed by atoms with Gasteiger partial charge in [-0.3, -0.25) is 4.79 Å². The van der Waals surface area contributed by atoms with Crippen LogP contribution < -0.4 is 11.3 Å². The molecule has 0 fully saturated rings. The van der Waals surface area contributed by atoms with Crippen molar-refractivity contribution in [1.82, 2.24) is 4.57 Å². The van der Waals surface area contributed by atoms with Crippen LogP contribution in [0.15, 0.2) is 21.5 Å². The predicted octanol–water partition coefficient (Wildman–Crippen LogP) is 0.628. The third-order valence-electron chi connectivity index (χ3n) is 2.15. The van der Waals surface area contributed by atoms with Gasteiger partial charge in [0.15, 0.2) is 9.84 Å². The number of nitrogen functional groups attached to an aromatic ring is 1. The zero-order valence-electron chi connectivity index (χ0n) is 8.81. The van der Waals surface area contributed by atoms with E-state index in [1.165, 1.54) is 16.8 Å². The third-order valence-corrected chi connectivity index (χ3v) is 4.40. The molecular weight excluding hydrogens is 296 g/mol. The molecule has 7 heteroatoms. The van der Waals surface area contributed by atoms with Gasteiger partial charge in [-0.15, -0.1) is 0 Å². The lowest BCUT2D eigenvalue weighted by molar-refractivity contribution is 0.588. The number of hydrogen-bond acceptors (Lipinski definition) is 4. The highest BCUT2D eigenvalue weighted by molar-refractivity contribution is 9.10. The molecular formula is C9H13BrN2O3S. The fourth-order valence-electron chi connectivity index (χ4n) is 1.17.